The molecule has 0 aliphatic heterocycles. The van der Waals surface area contributed by atoms with Crippen molar-refractivity contribution >= 4 is 47.4 Å². The highest BCUT2D eigenvalue weighted by Crippen LogP contribution is 2.18. The Morgan fingerprint density at radius 1 is 0.706 bits per heavy atom. The summed E-state index contributed by atoms with van der Waals surface area (Å²) in [6, 6.07) is 5.65. The maximum Gasteiger partial charge on any atom is 0.248 e. The Bertz CT molecular complexity index is 1440. The monoisotopic (exact) mass is 716 g/mol. The third kappa shape index (κ3) is 14.5. The first-order valence-corrected chi connectivity index (χ1v) is 16.5. The van der Waals surface area contributed by atoms with Gasteiger partial charge in [-0.3, -0.25) is 38.8 Å². The molecule has 1 aromatic rings. The number of rotatable bonds is 20. The van der Waals surface area contributed by atoms with Gasteiger partial charge in [0.1, 0.15) is 29.2 Å². The second kappa shape index (κ2) is 19.7. The van der Waals surface area contributed by atoms with Gasteiger partial charge in [0.2, 0.25) is 35.4 Å². The average molecular weight is 717 g/mol. The Morgan fingerprint density at radius 3 is 1.55 bits per heavy atom. The summed E-state index contributed by atoms with van der Waals surface area (Å²) in [6.45, 7) is 7.52. The fraction of sp³-hybridized carbons (Fsp3) is 0.576. The van der Waals surface area contributed by atoms with Gasteiger partial charge in [-0.1, -0.05) is 30.3 Å². The molecule has 0 radical (unpaired) electrons. The molecule has 18 heteroatoms. The van der Waals surface area contributed by atoms with E-state index in [1.54, 1.807) is 24.3 Å². The lowest BCUT2D eigenvalue weighted by molar-refractivity contribution is -0.148. The van der Waals surface area contributed by atoms with Crippen molar-refractivity contribution in [3.05, 3.63) is 35.9 Å². The lowest BCUT2D eigenvalue weighted by atomic mass is 9.97. The van der Waals surface area contributed by atoms with Crippen molar-refractivity contribution in [2.24, 2.45) is 38.7 Å². The molecule has 284 valence electrons. The fourth-order valence-corrected chi connectivity index (χ4v) is 5.43. The number of guanidine groups is 2. The molecular formula is C33H56N12O6. The molecule has 0 aromatic heterocycles. The first-order chi connectivity index (χ1) is 23.6. The minimum absolute atomic E-state index is 0.0919. The molecule has 51 heavy (non-hydrogen) atoms. The molecular weight excluding hydrogens is 660 g/mol. The van der Waals surface area contributed by atoms with Crippen LogP contribution >= 0.6 is 0 Å². The van der Waals surface area contributed by atoms with Crippen LogP contribution < -0.4 is 44.6 Å². The summed E-state index contributed by atoms with van der Waals surface area (Å²) < 4.78 is 0. The molecule has 13 N–H and O–H groups in total. The summed E-state index contributed by atoms with van der Waals surface area (Å²) >= 11 is 0. The third-order valence-corrected chi connectivity index (χ3v) is 7.98. The number of nitrogens with zero attached hydrogens (tertiary/aromatic N) is 4. The van der Waals surface area contributed by atoms with Crippen LogP contribution in [-0.2, 0) is 35.2 Å². The zero-order valence-corrected chi connectivity index (χ0v) is 30.7. The quantitative estimate of drug-likeness (QED) is 0.0408. The van der Waals surface area contributed by atoms with E-state index in [1.807, 2.05) is 6.07 Å². The van der Waals surface area contributed by atoms with Crippen LogP contribution in [0.15, 0.2) is 40.3 Å². The van der Waals surface area contributed by atoms with Crippen molar-refractivity contribution in [1.29, 1.82) is 0 Å². The smallest absolute Gasteiger partial charge is 0.248 e. The molecule has 0 heterocycles. The lowest BCUT2D eigenvalue weighted by Gasteiger charge is -2.38. The first-order valence-electron chi connectivity index (χ1n) is 16.5. The van der Waals surface area contributed by atoms with Crippen LogP contribution in [0.5, 0.6) is 0 Å². The SMILES string of the molecule is CC(=O)NC(C)(C)C(=O)N(C)[C@@H](CCCN=C(N)N)C(=O)NC(C)(C)C(=O)N(C)[C@@H](CCCN=C(N)N)C(=O)N[C@@H](Cc1ccccc1)C(N)=O. The number of nitrogens with two attached hydrogens (primary N) is 5. The number of nitrogens with one attached hydrogen (secondary N) is 3. The van der Waals surface area contributed by atoms with Gasteiger partial charge in [-0.05, 0) is 58.9 Å². The first kappa shape index (κ1) is 43.6. The second-order valence-electron chi connectivity index (χ2n) is 13.3. The number of hydrogen-bond donors (Lipinski definition) is 8. The van der Waals surface area contributed by atoms with Gasteiger partial charge in [0.05, 0.1) is 0 Å². The van der Waals surface area contributed by atoms with E-state index in [0.29, 0.717) is 6.42 Å². The third-order valence-electron chi connectivity index (χ3n) is 7.98. The second-order valence-corrected chi connectivity index (χ2v) is 13.3. The highest BCUT2D eigenvalue weighted by atomic mass is 16.2. The molecule has 0 aliphatic rings. The van der Waals surface area contributed by atoms with E-state index in [2.05, 4.69) is 25.9 Å². The van der Waals surface area contributed by atoms with E-state index >= 15 is 0 Å². The van der Waals surface area contributed by atoms with Crippen LogP contribution in [0, 0.1) is 0 Å². The van der Waals surface area contributed by atoms with Gasteiger partial charge in [-0.25, -0.2) is 0 Å². The van der Waals surface area contributed by atoms with Crippen molar-refractivity contribution in [3.8, 4) is 0 Å². The van der Waals surface area contributed by atoms with Gasteiger partial charge in [0.15, 0.2) is 11.9 Å². The van der Waals surface area contributed by atoms with Crippen molar-refractivity contribution < 1.29 is 28.8 Å². The molecule has 1 aromatic carbocycles. The lowest BCUT2D eigenvalue weighted by Crippen LogP contribution is -2.64. The van der Waals surface area contributed by atoms with Crippen molar-refractivity contribution in [2.45, 2.75) is 95.9 Å². The van der Waals surface area contributed by atoms with Crippen LogP contribution in [0.2, 0.25) is 0 Å². The number of carbonyl (C=O) groups is 6. The van der Waals surface area contributed by atoms with Crippen molar-refractivity contribution in [3.63, 3.8) is 0 Å². The van der Waals surface area contributed by atoms with Gasteiger partial charge in [-0.2, -0.15) is 0 Å². The molecule has 1 rings (SSSR count). The number of carbonyl (C=O) groups excluding carboxylic acids is 6. The molecule has 0 unspecified atom stereocenters. The number of likely N-dealkylation sites (N-methyl/N-ethyl adjacent to an activating group) is 2. The van der Waals surface area contributed by atoms with Crippen LogP contribution in [0.1, 0.15) is 65.9 Å². The number of hydrogen-bond acceptors (Lipinski definition) is 8. The topological polar surface area (TPSA) is 300 Å². The summed E-state index contributed by atoms with van der Waals surface area (Å²) in [5.74, 6) is -4.02. The van der Waals surface area contributed by atoms with Gasteiger partial charge >= 0.3 is 0 Å². The summed E-state index contributed by atoms with van der Waals surface area (Å²) in [4.78, 5) is 89.5. The molecule has 0 bridgehead atoms. The highest BCUT2D eigenvalue weighted by Gasteiger charge is 2.41. The van der Waals surface area contributed by atoms with E-state index in [9.17, 15) is 28.8 Å². The molecule has 0 saturated carbocycles. The zero-order valence-electron chi connectivity index (χ0n) is 30.7. The van der Waals surface area contributed by atoms with Crippen molar-refractivity contribution in [1.82, 2.24) is 25.8 Å². The number of aliphatic imine (C=N–C) groups is 2. The summed E-state index contributed by atoms with van der Waals surface area (Å²) in [5, 5.41) is 7.97. The standard InChI is InChI=1S/C33H56N12O6/c1-20(46)42-32(2,3)28(50)45(7)24(16-12-18-40-31(37)38)27(49)43-33(4,5)29(51)44(6)23(15-11-17-39-30(35)36)26(48)41-22(25(34)47)19-21-13-9-8-10-14-21/h8-10,13-14,22-24H,11-12,15-19H2,1-7H3,(H2,34,47)(H,41,48)(H,42,46)(H,43,49)(H4,35,36,39)(H4,37,38,40)/t22-,23-,24-/m0/s1. The van der Waals surface area contributed by atoms with Gasteiger partial charge in [-0.15, -0.1) is 0 Å². The largest absolute Gasteiger partial charge is 0.370 e. The molecule has 0 spiro atoms. The molecule has 0 saturated heterocycles. The van der Waals surface area contributed by atoms with Gasteiger partial charge < -0.3 is 54.4 Å². The number of amides is 6. The summed E-state index contributed by atoms with van der Waals surface area (Å²) in [6.07, 6.45) is 0.901. The number of benzene rings is 1. The van der Waals surface area contributed by atoms with Crippen LogP contribution in [0.25, 0.3) is 0 Å². The van der Waals surface area contributed by atoms with Crippen molar-refractivity contribution in [2.75, 3.05) is 27.2 Å². The predicted octanol–water partition coefficient (Wildman–Crippen LogP) is -2.23. The minimum Gasteiger partial charge on any atom is -0.370 e. The highest BCUT2D eigenvalue weighted by molar-refractivity contribution is 5.98. The van der Waals surface area contributed by atoms with E-state index in [-0.39, 0.29) is 50.7 Å². The molecule has 6 amide bonds. The molecule has 0 aliphatic carbocycles. The summed E-state index contributed by atoms with van der Waals surface area (Å²) in [7, 11) is 2.81. The zero-order chi connectivity index (χ0) is 39.1. The fourth-order valence-electron chi connectivity index (χ4n) is 5.43. The van der Waals surface area contributed by atoms with E-state index in [0.717, 1.165) is 5.56 Å². The van der Waals surface area contributed by atoms with Gasteiger partial charge in [0, 0.05) is 40.5 Å². The molecule has 18 nitrogen and oxygen atoms in total. The van der Waals surface area contributed by atoms with Gasteiger partial charge in [0.25, 0.3) is 0 Å². The minimum atomic E-state index is -1.60. The normalized spacial score (nSPS) is 13.0. The van der Waals surface area contributed by atoms with E-state index in [4.69, 9.17) is 28.7 Å². The Morgan fingerprint density at radius 2 is 1.14 bits per heavy atom. The predicted molar refractivity (Wildman–Crippen MR) is 194 cm³/mol. The molecule has 3 atom stereocenters. The Kier molecular flexibility index (Phi) is 16.8. The van der Waals surface area contributed by atoms with E-state index in [1.165, 1.54) is 58.5 Å². The van der Waals surface area contributed by atoms with Crippen LogP contribution in [-0.4, -0.2) is 114 Å². The van der Waals surface area contributed by atoms with Crippen LogP contribution in [0.4, 0.5) is 0 Å². The maximum absolute atomic E-state index is 14.0. The number of primary amides is 1. The Hall–Kier alpha value is -5.42. The Labute approximate surface area is 299 Å². The summed E-state index contributed by atoms with van der Waals surface area (Å²) in [5.41, 5.74) is 25.2. The maximum atomic E-state index is 14.0. The van der Waals surface area contributed by atoms with Crippen LogP contribution in [0.3, 0.4) is 0 Å². The van der Waals surface area contributed by atoms with E-state index < -0.39 is 64.6 Å². The average Bonchev–Trinajstić information content (AvgIpc) is 3.02. The Balaban J connectivity index is 3.36. The molecule has 0 fully saturated rings.